The van der Waals surface area contributed by atoms with Gasteiger partial charge in [-0.05, 0) is 32.4 Å². The fourth-order valence-corrected chi connectivity index (χ4v) is 5.08. The van der Waals surface area contributed by atoms with E-state index in [0.717, 1.165) is 42.3 Å². The second-order valence-electron chi connectivity index (χ2n) is 6.94. The summed E-state index contributed by atoms with van der Waals surface area (Å²) in [5, 5.41) is 0. The molecule has 2 fully saturated rings. The average Bonchev–Trinajstić information content (AvgIpc) is 3.17. The molecular weight excluding hydrogens is 336 g/mol. The van der Waals surface area contributed by atoms with Crippen molar-refractivity contribution in [3.05, 3.63) is 47.3 Å². The lowest BCUT2D eigenvalue weighted by Gasteiger charge is -2.47. The molecule has 6 nitrogen and oxygen atoms in total. The van der Waals surface area contributed by atoms with Gasteiger partial charge in [-0.25, -0.2) is 4.98 Å². The van der Waals surface area contributed by atoms with Gasteiger partial charge in [0.1, 0.15) is 5.69 Å². The Morgan fingerprint density at radius 3 is 3.00 bits per heavy atom. The van der Waals surface area contributed by atoms with E-state index in [1.807, 2.05) is 48.7 Å². The van der Waals surface area contributed by atoms with Crippen LogP contribution in [0.4, 0.5) is 0 Å². The van der Waals surface area contributed by atoms with E-state index in [-0.39, 0.29) is 16.8 Å². The number of aryl methyl sites for hydroxylation is 2. The van der Waals surface area contributed by atoms with Crippen LogP contribution >= 0.6 is 11.8 Å². The predicted molar refractivity (Wildman–Crippen MR) is 96.6 cm³/mol. The highest BCUT2D eigenvalue weighted by Crippen LogP contribution is 2.46. The summed E-state index contributed by atoms with van der Waals surface area (Å²) in [7, 11) is 0. The number of ether oxygens (including phenoxy) is 1. The largest absolute Gasteiger partial charge is 0.371 e. The molecule has 0 saturated carbocycles. The van der Waals surface area contributed by atoms with E-state index >= 15 is 0 Å². The Hall–Kier alpha value is -1.86. The number of H-pyrrole nitrogens is 1. The molecule has 0 unspecified atom stereocenters. The highest BCUT2D eigenvalue weighted by molar-refractivity contribution is 8.01. The zero-order chi connectivity index (χ0) is 17.4. The molecule has 1 amide bonds. The smallest absolute Gasteiger partial charge is 0.274 e. The van der Waals surface area contributed by atoms with Gasteiger partial charge < -0.3 is 14.6 Å². The van der Waals surface area contributed by atoms with E-state index < -0.39 is 0 Å². The number of imidazole rings is 1. The molecule has 2 aromatic heterocycles. The van der Waals surface area contributed by atoms with Crippen molar-refractivity contribution in [3.63, 3.8) is 0 Å². The fraction of sp³-hybridized carbons (Fsp3) is 0.500. The Balaban J connectivity index is 1.29. The van der Waals surface area contributed by atoms with Gasteiger partial charge in [0.15, 0.2) is 0 Å². The molecule has 0 aliphatic carbocycles. The Morgan fingerprint density at radius 2 is 2.28 bits per heavy atom. The molecule has 132 valence electrons. The highest BCUT2D eigenvalue weighted by atomic mass is 32.2. The Kier molecular flexibility index (Phi) is 4.29. The third-order valence-electron chi connectivity index (χ3n) is 4.87. The van der Waals surface area contributed by atoms with E-state index in [1.165, 1.54) is 0 Å². The van der Waals surface area contributed by atoms with Gasteiger partial charge in [0, 0.05) is 30.2 Å². The van der Waals surface area contributed by atoms with Gasteiger partial charge in [0.25, 0.3) is 5.91 Å². The van der Waals surface area contributed by atoms with Crippen molar-refractivity contribution in [1.29, 1.82) is 0 Å². The zero-order valence-electron chi connectivity index (χ0n) is 14.5. The van der Waals surface area contributed by atoms with Crippen molar-refractivity contribution in [3.8, 4) is 0 Å². The average molecular weight is 358 g/mol. The summed E-state index contributed by atoms with van der Waals surface area (Å²) in [6.45, 7) is 5.99. The molecule has 2 aromatic rings. The van der Waals surface area contributed by atoms with Crippen LogP contribution in [0, 0.1) is 13.8 Å². The van der Waals surface area contributed by atoms with E-state index in [4.69, 9.17) is 4.74 Å². The standard InChI is InChI=1S/C18H22N4O2S/c1-12-4-3-5-14(21-12)7-24-15-6-18(25-8-15)9-22(10-18)17(23)16-13(2)19-11-20-16/h3-5,11,15H,6-10H2,1-2H3,(H,19,20)/t15-/m0/s1. The molecule has 0 bridgehead atoms. The molecule has 1 atom stereocenters. The van der Waals surface area contributed by atoms with Gasteiger partial charge in [0.2, 0.25) is 0 Å². The maximum atomic E-state index is 12.5. The number of rotatable bonds is 4. The maximum absolute atomic E-state index is 12.5. The molecule has 1 N–H and O–H groups in total. The molecule has 1 spiro atoms. The summed E-state index contributed by atoms with van der Waals surface area (Å²) in [5.74, 6) is 1.01. The molecule has 2 saturated heterocycles. The lowest BCUT2D eigenvalue weighted by Crippen LogP contribution is -2.60. The molecule has 0 aromatic carbocycles. The Bertz CT molecular complexity index is 785. The molecule has 4 heterocycles. The van der Waals surface area contributed by atoms with Crippen molar-refractivity contribution in [2.45, 2.75) is 37.7 Å². The molecule has 4 rings (SSSR count). The Labute approximate surface area is 151 Å². The number of amides is 1. The lowest BCUT2D eigenvalue weighted by atomic mass is 9.92. The number of aromatic amines is 1. The first-order chi connectivity index (χ1) is 12.0. The molecule has 2 aliphatic rings. The number of hydrogen-bond donors (Lipinski definition) is 1. The minimum absolute atomic E-state index is 0.0262. The van der Waals surface area contributed by atoms with Crippen molar-refractivity contribution in [1.82, 2.24) is 19.9 Å². The molecule has 7 heteroatoms. The normalized spacial score (nSPS) is 21.5. The van der Waals surface area contributed by atoms with Crippen molar-refractivity contribution in [2.75, 3.05) is 18.8 Å². The van der Waals surface area contributed by atoms with Gasteiger partial charge in [-0.15, -0.1) is 11.8 Å². The quantitative estimate of drug-likeness (QED) is 0.908. The lowest BCUT2D eigenvalue weighted by molar-refractivity contribution is 0.0242. The van der Waals surface area contributed by atoms with E-state index in [0.29, 0.717) is 12.3 Å². The van der Waals surface area contributed by atoms with E-state index in [1.54, 1.807) is 6.33 Å². The van der Waals surface area contributed by atoms with Crippen LogP contribution in [0.5, 0.6) is 0 Å². The van der Waals surface area contributed by atoms with E-state index in [2.05, 4.69) is 15.0 Å². The van der Waals surface area contributed by atoms with Gasteiger partial charge >= 0.3 is 0 Å². The van der Waals surface area contributed by atoms with Gasteiger partial charge in [0.05, 0.1) is 29.5 Å². The van der Waals surface area contributed by atoms with Crippen LogP contribution in [0.3, 0.4) is 0 Å². The molecule has 2 aliphatic heterocycles. The van der Waals surface area contributed by atoms with Crippen molar-refractivity contribution >= 4 is 17.7 Å². The monoisotopic (exact) mass is 358 g/mol. The number of likely N-dealkylation sites (tertiary alicyclic amines) is 1. The number of carbonyl (C=O) groups is 1. The van der Waals surface area contributed by atoms with Crippen molar-refractivity contribution in [2.24, 2.45) is 0 Å². The Morgan fingerprint density at radius 1 is 1.44 bits per heavy atom. The van der Waals surface area contributed by atoms with Crippen LogP contribution in [0.15, 0.2) is 24.5 Å². The minimum atomic E-state index is 0.0262. The minimum Gasteiger partial charge on any atom is -0.371 e. The molecule has 25 heavy (non-hydrogen) atoms. The second-order valence-corrected chi connectivity index (χ2v) is 8.43. The summed E-state index contributed by atoms with van der Waals surface area (Å²) in [4.78, 5) is 25.9. The third kappa shape index (κ3) is 3.30. The zero-order valence-corrected chi connectivity index (χ0v) is 15.3. The summed E-state index contributed by atoms with van der Waals surface area (Å²) in [5.41, 5.74) is 3.36. The van der Waals surface area contributed by atoms with Gasteiger partial charge in [-0.2, -0.15) is 0 Å². The summed E-state index contributed by atoms with van der Waals surface area (Å²) >= 11 is 1.93. The van der Waals surface area contributed by atoms with Crippen LogP contribution in [-0.2, 0) is 11.3 Å². The van der Waals surface area contributed by atoms with Crippen molar-refractivity contribution < 1.29 is 9.53 Å². The van der Waals surface area contributed by atoms with Crippen LogP contribution < -0.4 is 0 Å². The fourth-order valence-electron chi connectivity index (χ4n) is 3.53. The van der Waals surface area contributed by atoms with Crippen LogP contribution in [0.1, 0.15) is 34.0 Å². The first-order valence-corrected chi connectivity index (χ1v) is 9.51. The van der Waals surface area contributed by atoms with Gasteiger partial charge in [-0.1, -0.05) is 6.07 Å². The topological polar surface area (TPSA) is 71.1 Å². The summed E-state index contributed by atoms with van der Waals surface area (Å²) in [6, 6.07) is 6.00. The number of aromatic nitrogens is 3. The number of nitrogens with zero attached hydrogens (tertiary/aromatic N) is 3. The summed E-state index contributed by atoms with van der Waals surface area (Å²) < 4.78 is 6.22. The first kappa shape index (κ1) is 16.6. The first-order valence-electron chi connectivity index (χ1n) is 8.52. The number of nitrogens with one attached hydrogen (secondary N) is 1. The number of pyridine rings is 1. The van der Waals surface area contributed by atoms with Gasteiger partial charge in [-0.3, -0.25) is 9.78 Å². The molecular formula is C18H22N4O2S. The number of hydrogen-bond acceptors (Lipinski definition) is 5. The predicted octanol–water partition coefficient (Wildman–Crippen LogP) is 2.34. The van der Waals surface area contributed by atoms with Crippen LogP contribution in [0.2, 0.25) is 0 Å². The molecule has 0 radical (unpaired) electrons. The highest BCUT2D eigenvalue weighted by Gasteiger charge is 2.51. The number of thioether (sulfide) groups is 1. The summed E-state index contributed by atoms with van der Waals surface area (Å²) in [6.07, 6.45) is 2.80. The van der Waals surface area contributed by atoms with E-state index in [9.17, 15) is 4.79 Å². The van der Waals surface area contributed by atoms with Crippen LogP contribution in [0.25, 0.3) is 0 Å². The second kappa shape index (κ2) is 6.46. The maximum Gasteiger partial charge on any atom is 0.274 e. The number of carbonyl (C=O) groups excluding carboxylic acids is 1. The third-order valence-corrected chi connectivity index (χ3v) is 6.44. The SMILES string of the molecule is Cc1cccc(CO[C@@H]2CSC3(C2)CN(C(=O)c2nc[nH]c2C)C3)n1. The van der Waals surface area contributed by atoms with Crippen LogP contribution in [-0.4, -0.2) is 55.5 Å².